The van der Waals surface area contributed by atoms with Crippen molar-refractivity contribution < 1.29 is 27.8 Å². The Kier molecular flexibility index (Phi) is 6.50. The minimum Gasteiger partial charge on any atom is -0.449 e. The number of benzene rings is 1. The van der Waals surface area contributed by atoms with Gasteiger partial charge in [-0.1, -0.05) is 19.3 Å². The number of rotatable bonds is 6. The van der Waals surface area contributed by atoms with Crippen molar-refractivity contribution in [3.05, 3.63) is 29.8 Å². The van der Waals surface area contributed by atoms with E-state index in [0.29, 0.717) is 12.8 Å². The van der Waals surface area contributed by atoms with E-state index >= 15 is 0 Å². The molecule has 1 N–H and O–H groups in total. The molecular formula is C18H20F2N2O4. The van der Waals surface area contributed by atoms with Crippen molar-refractivity contribution in [2.75, 3.05) is 0 Å². The smallest absolute Gasteiger partial charge is 0.387 e. The highest BCUT2D eigenvalue weighted by Crippen LogP contribution is 2.27. The average Bonchev–Trinajstić information content (AvgIpc) is 2.62. The normalized spacial score (nSPS) is 17.0. The van der Waals surface area contributed by atoms with Crippen LogP contribution in [0.2, 0.25) is 0 Å². The molecule has 0 radical (unpaired) electrons. The first-order valence-electron chi connectivity index (χ1n) is 8.34. The lowest BCUT2D eigenvalue weighted by molar-refractivity contribution is -0.130. The van der Waals surface area contributed by atoms with Crippen LogP contribution in [0.5, 0.6) is 5.75 Å². The van der Waals surface area contributed by atoms with Gasteiger partial charge in [0.25, 0.3) is 5.91 Å². The van der Waals surface area contributed by atoms with E-state index in [-0.39, 0.29) is 11.3 Å². The van der Waals surface area contributed by atoms with Crippen LogP contribution in [0.25, 0.3) is 0 Å². The Morgan fingerprint density at radius 3 is 2.35 bits per heavy atom. The second-order valence-corrected chi connectivity index (χ2v) is 6.19. The van der Waals surface area contributed by atoms with E-state index in [1.54, 1.807) is 0 Å². The topological polar surface area (TPSA) is 88.4 Å². The quantitative estimate of drug-likeness (QED) is 0.781. The van der Waals surface area contributed by atoms with Crippen molar-refractivity contribution in [2.45, 2.75) is 57.3 Å². The molecule has 1 aliphatic carbocycles. The second kappa shape index (κ2) is 8.61. The van der Waals surface area contributed by atoms with E-state index < -0.39 is 30.1 Å². The molecule has 0 spiro atoms. The van der Waals surface area contributed by atoms with Gasteiger partial charge in [0.15, 0.2) is 6.10 Å². The van der Waals surface area contributed by atoms with Crippen molar-refractivity contribution in [1.29, 1.82) is 5.26 Å². The molecule has 0 bridgehead atoms. The number of alkyl halides is 2. The van der Waals surface area contributed by atoms with Crippen molar-refractivity contribution in [1.82, 2.24) is 5.32 Å². The number of carbonyl (C=O) groups excluding carboxylic acids is 2. The Balaban J connectivity index is 1.93. The summed E-state index contributed by atoms with van der Waals surface area (Å²) in [7, 11) is 0. The minimum absolute atomic E-state index is 0.0874. The first kappa shape index (κ1) is 19.6. The minimum atomic E-state index is -2.95. The fourth-order valence-electron chi connectivity index (χ4n) is 2.81. The summed E-state index contributed by atoms with van der Waals surface area (Å²) in [6, 6.07) is 7.11. The van der Waals surface area contributed by atoms with Gasteiger partial charge < -0.3 is 14.8 Å². The lowest BCUT2D eigenvalue weighted by atomic mass is 9.83. The molecule has 0 aliphatic heterocycles. The van der Waals surface area contributed by atoms with Gasteiger partial charge in [-0.3, -0.25) is 4.79 Å². The molecule has 1 amide bonds. The van der Waals surface area contributed by atoms with E-state index in [1.807, 2.05) is 0 Å². The van der Waals surface area contributed by atoms with E-state index in [1.165, 1.54) is 31.2 Å². The third kappa shape index (κ3) is 5.15. The van der Waals surface area contributed by atoms with Gasteiger partial charge in [0.1, 0.15) is 11.3 Å². The van der Waals surface area contributed by atoms with E-state index in [2.05, 4.69) is 16.1 Å². The fourth-order valence-corrected chi connectivity index (χ4v) is 2.81. The van der Waals surface area contributed by atoms with Crippen LogP contribution >= 0.6 is 0 Å². The van der Waals surface area contributed by atoms with Crippen molar-refractivity contribution >= 4 is 11.9 Å². The molecule has 6 nitrogen and oxygen atoms in total. The van der Waals surface area contributed by atoms with E-state index in [0.717, 1.165) is 19.3 Å². The molecule has 0 unspecified atom stereocenters. The molecule has 1 atom stereocenters. The summed E-state index contributed by atoms with van der Waals surface area (Å²) in [4.78, 5) is 24.4. The summed E-state index contributed by atoms with van der Waals surface area (Å²) in [5.41, 5.74) is -0.816. The Morgan fingerprint density at radius 1 is 1.19 bits per heavy atom. The standard InChI is InChI=1S/C18H20F2N2O4/c1-12(15(23)22-18(11-21)9-3-2-4-10-18)25-16(24)13-5-7-14(8-6-13)26-17(19)20/h5-8,12,17H,2-4,9-10H2,1H3,(H,22,23)/t12-/m0/s1. The van der Waals surface area contributed by atoms with Gasteiger partial charge in [-0.15, -0.1) is 0 Å². The number of amides is 1. The number of halogens is 2. The number of ether oxygens (including phenoxy) is 2. The number of hydrogen-bond donors (Lipinski definition) is 1. The Bertz CT molecular complexity index is 679. The zero-order valence-electron chi connectivity index (χ0n) is 14.3. The molecule has 1 aromatic carbocycles. The maximum atomic E-state index is 12.3. The first-order chi connectivity index (χ1) is 12.3. The second-order valence-electron chi connectivity index (χ2n) is 6.19. The van der Waals surface area contributed by atoms with Crippen molar-refractivity contribution in [3.8, 4) is 11.8 Å². The molecule has 1 fully saturated rings. The third-order valence-corrected chi connectivity index (χ3v) is 4.25. The molecule has 8 heteroatoms. The number of nitriles is 1. The summed E-state index contributed by atoms with van der Waals surface area (Å²) in [5, 5.41) is 12.1. The SMILES string of the molecule is C[C@H](OC(=O)c1ccc(OC(F)F)cc1)C(=O)NC1(C#N)CCCCC1. The molecular weight excluding hydrogens is 346 g/mol. The molecule has 0 aromatic heterocycles. The van der Waals surface area contributed by atoms with Crippen LogP contribution in [0.3, 0.4) is 0 Å². The fraction of sp³-hybridized carbons (Fsp3) is 0.500. The van der Waals surface area contributed by atoms with Gasteiger partial charge in [0.05, 0.1) is 11.6 Å². The van der Waals surface area contributed by atoms with Crippen LogP contribution in [0.15, 0.2) is 24.3 Å². The maximum Gasteiger partial charge on any atom is 0.387 e. The molecule has 1 saturated carbocycles. The number of carbonyl (C=O) groups is 2. The molecule has 1 aromatic rings. The Morgan fingerprint density at radius 2 is 1.81 bits per heavy atom. The lowest BCUT2D eigenvalue weighted by Gasteiger charge is -2.32. The molecule has 26 heavy (non-hydrogen) atoms. The molecule has 140 valence electrons. The van der Waals surface area contributed by atoms with Crippen LogP contribution in [-0.2, 0) is 9.53 Å². The van der Waals surface area contributed by atoms with E-state index in [9.17, 15) is 23.6 Å². The largest absolute Gasteiger partial charge is 0.449 e. The summed E-state index contributed by atoms with van der Waals surface area (Å²) >= 11 is 0. The van der Waals surface area contributed by atoms with Gasteiger partial charge in [-0.25, -0.2) is 4.79 Å². The lowest BCUT2D eigenvalue weighted by Crippen LogP contribution is -2.52. The highest BCUT2D eigenvalue weighted by atomic mass is 19.3. The summed E-state index contributed by atoms with van der Waals surface area (Å²) in [6.45, 7) is -1.54. The summed E-state index contributed by atoms with van der Waals surface area (Å²) in [6.07, 6.45) is 2.79. The highest BCUT2D eigenvalue weighted by molar-refractivity contribution is 5.92. The number of nitrogens with zero attached hydrogens (tertiary/aromatic N) is 1. The first-order valence-corrected chi connectivity index (χ1v) is 8.34. The van der Waals surface area contributed by atoms with Crippen molar-refractivity contribution in [3.63, 3.8) is 0 Å². The van der Waals surface area contributed by atoms with Gasteiger partial charge in [0.2, 0.25) is 0 Å². The molecule has 2 rings (SSSR count). The van der Waals surface area contributed by atoms with Gasteiger partial charge in [0, 0.05) is 0 Å². The Hall–Kier alpha value is -2.69. The zero-order chi connectivity index (χ0) is 19.2. The van der Waals surface area contributed by atoms with Crippen LogP contribution < -0.4 is 10.1 Å². The predicted octanol–water partition coefficient (Wildman–Crippen LogP) is 3.18. The average molecular weight is 366 g/mol. The number of nitrogens with one attached hydrogen (secondary N) is 1. The number of hydrogen-bond acceptors (Lipinski definition) is 5. The molecule has 0 saturated heterocycles. The summed E-state index contributed by atoms with van der Waals surface area (Å²) in [5.74, 6) is -1.40. The monoisotopic (exact) mass is 366 g/mol. The molecule has 0 heterocycles. The van der Waals surface area contributed by atoms with E-state index in [4.69, 9.17) is 4.74 Å². The van der Waals surface area contributed by atoms with Crippen LogP contribution in [0.1, 0.15) is 49.4 Å². The van der Waals surface area contributed by atoms with Gasteiger partial charge in [-0.2, -0.15) is 14.0 Å². The predicted molar refractivity (Wildman–Crippen MR) is 87.5 cm³/mol. The zero-order valence-corrected chi connectivity index (χ0v) is 14.3. The van der Waals surface area contributed by atoms with Crippen LogP contribution in [-0.4, -0.2) is 30.1 Å². The summed E-state index contributed by atoms with van der Waals surface area (Å²) < 4.78 is 33.5. The van der Waals surface area contributed by atoms with Crippen LogP contribution in [0, 0.1) is 11.3 Å². The highest BCUT2D eigenvalue weighted by Gasteiger charge is 2.35. The van der Waals surface area contributed by atoms with Crippen LogP contribution in [0.4, 0.5) is 8.78 Å². The van der Waals surface area contributed by atoms with Crippen molar-refractivity contribution in [2.24, 2.45) is 0 Å². The van der Waals surface area contributed by atoms with Gasteiger partial charge >= 0.3 is 12.6 Å². The molecule has 1 aliphatic rings. The third-order valence-electron chi connectivity index (χ3n) is 4.25. The number of esters is 1. The Labute approximate surface area is 150 Å². The van der Waals surface area contributed by atoms with Gasteiger partial charge in [-0.05, 0) is 44.0 Å². The maximum absolute atomic E-state index is 12.3.